The third kappa shape index (κ3) is 4.32. The second-order valence-electron chi connectivity index (χ2n) is 5.16. The highest BCUT2D eigenvalue weighted by Gasteiger charge is 2.15. The van der Waals surface area contributed by atoms with E-state index in [4.69, 9.17) is 4.74 Å². The lowest BCUT2D eigenvalue weighted by atomic mass is 10.2. The molecule has 0 saturated carbocycles. The Hall–Kier alpha value is -2.34. The largest absolute Gasteiger partial charge is 0.496 e. The Labute approximate surface area is 139 Å². The van der Waals surface area contributed by atoms with Crippen molar-refractivity contribution in [2.45, 2.75) is 13.5 Å². The van der Waals surface area contributed by atoms with Crippen molar-refractivity contribution in [2.75, 3.05) is 20.7 Å². The number of benzene rings is 1. The normalized spacial score (nSPS) is 10.2. The van der Waals surface area contributed by atoms with E-state index < -0.39 is 0 Å². The number of thiophene rings is 1. The van der Waals surface area contributed by atoms with Crippen molar-refractivity contribution < 1.29 is 14.3 Å². The highest BCUT2D eigenvalue weighted by atomic mass is 32.1. The van der Waals surface area contributed by atoms with Crippen molar-refractivity contribution >= 4 is 23.2 Å². The molecule has 122 valence electrons. The molecule has 2 aromatic rings. The van der Waals surface area contributed by atoms with Gasteiger partial charge in [0.2, 0.25) is 5.91 Å². The third-order valence-electron chi connectivity index (χ3n) is 3.53. The zero-order valence-corrected chi connectivity index (χ0v) is 14.3. The van der Waals surface area contributed by atoms with Crippen LogP contribution in [-0.2, 0) is 11.3 Å². The van der Waals surface area contributed by atoms with Crippen LogP contribution in [0.3, 0.4) is 0 Å². The number of nitrogens with zero attached hydrogens (tertiary/aromatic N) is 1. The first kappa shape index (κ1) is 17.0. The third-order valence-corrected chi connectivity index (χ3v) is 4.53. The number of amides is 2. The fraction of sp³-hybridized carbons (Fsp3) is 0.294. The minimum atomic E-state index is -0.323. The molecule has 0 aliphatic heterocycles. The smallest absolute Gasteiger partial charge is 0.255 e. The van der Waals surface area contributed by atoms with Gasteiger partial charge in [0.25, 0.3) is 5.91 Å². The molecular weight excluding hydrogens is 312 g/mol. The molecule has 23 heavy (non-hydrogen) atoms. The molecule has 1 aromatic heterocycles. The molecule has 0 saturated heterocycles. The molecule has 0 unspecified atom stereocenters. The van der Waals surface area contributed by atoms with Gasteiger partial charge in [-0.05, 0) is 36.1 Å². The maximum Gasteiger partial charge on any atom is 0.255 e. The van der Waals surface area contributed by atoms with Gasteiger partial charge in [-0.3, -0.25) is 9.59 Å². The number of likely N-dealkylation sites (N-methyl/N-ethyl adjacent to an activating group) is 1. The molecule has 2 rings (SSSR count). The molecule has 0 radical (unpaired) electrons. The highest BCUT2D eigenvalue weighted by Crippen LogP contribution is 2.18. The maximum absolute atomic E-state index is 12.2. The summed E-state index contributed by atoms with van der Waals surface area (Å²) in [6.07, 6.45) is 0. The minimum Gasteiger partial charge on any atom is -0.496 e. The van der Waals surface area contributed by atoms with Crippen LogP contribution in [0.2, 0.25) is 0 Å². The van der Waals surface area contributed by atoms with Gasteiger partial charge in [-0.2, -0.15) is 0 Å². The van der Waals surface area contributed by atoms with Gasteiger partial charge in [0.05, 0.1) is 25.8 Å². The Morgan fingerprint density at radius 2 is 2.00 bits per heavy atom. The van der Waals surface area contributed by atoms with Crippen molar-refractivity contribution in [2.24, 2.45) is 0 Å². The molecule has 0 atom stereocenters. The van der Waals surface area contributed by atoms with Crippen LogP contribution in [0.4, 0.5) is 0 Å². The average molecular weight is 332 g/mol. The van der Waals surface area contributed by atoms with Gasteiger partial charge in [0.1, 0.15) is 5.75 Å². The predicted molar refractivity (Wildman–Crippen MR) is 90.9 cm³/mol. The lowest BCUT2D eigenvalue weighted by molar-refractivity contribution is -0.129. The molecule has 2 amide bonds. The molecule has 1 heterocycles. The zero-order valence-electron chi connectivity index (χ0n) is 13.5. The Kier molecular flexibility index (Phi) is 5.76. The van der Waals surface area contributed by atoms with Gasteiger partial charge in [-0.25, -0.2) is 0 Å². The second-order valence-corrected chi connectivity index (χ2v) is 6.16. The number of aryl methyl sites for hydroxylation is 1. The molecular formula is C17H20N2O3S. The summed E-state index contributed by atoms with van der Waals surface area (Å²) >= 11 is 1.62. The standard InChI is InChI=1S/C17H20N2O3S/c1-12-8-9-23-15(12)11-19(2)16(20)10-18-17(21)13-6-4-5-7-14(13)22-3/h4-9H,10-11H2,1-3H3,(H,18,21). The van der Waals surface area contributed by atoms with Gasteiger partial charge in [-0.1, -0.05) is 12.1 Å². The summed E-state index contributed by atoms with van der Waals surface area (Å²) in [5, 5.41) is 4.65. The minimum absolute atomic E-state index is 0.0438. The van der Waals surface area contributed by atoms with E-state index in [9.17, 15) is 9.59 Å². The highest BCUT2D eigenvalue weighted by molar-refractivity contribution is 7.10. The fourth-order valence-electron chi connectivity index (χ4n) is 2.09. The van der Waals surface area contributed by atoms with Crippen molar-refractivity contribution in [1.29, 1.82) is 0 Å². The zero-order chi connectivity index (χ0) is 16.8. The molecule has 1 aromatic carbocycles. The molecule has 0 bridgehead atoms. The summed E-state index contributed by atoms with van der Waals surface area (Å²) < 4.78 is 5.15. The van der Waals surface area contributed by atoms with Crippen LogP contribution in [0.1, 0.15) is 20.8 Å². The maximum atomic E-state index is 12.2. The first-order chi connectivity index (χ1) is 11.0. The van der Waals surface area contributed by atoms with Crippen LogP contribution in [0.15, 0.2) is 35.7 Å². The molecule has 0 aliphatic carbocycles. The molecule has 0 fully saturated rings. The number of hydrogen-bond donors (Lipinski definition) is 1. The van der Waals surface area contributed by atoms with Crippen LogP contribution in [0.25, 0.3) is 0 Å². The lowest BCUT2D eigenvalue weighted by Gasteiger charge is -2.17. The first-order valence-corrected chi connectivity index (χ1v) is 8.09. The molecule has 0 spiro atoms. The van der Waals surface area contributed by atoms with E-state index in [0.717, 1.165) is 4.88 Å². The van der Waals surface area contributed by atoms with Crippen molar-refractivity contribution in [3.8, 4) is 5.75 Å². The van der Waals surface area contributed by atoms with Crippen LogP contribution in [0, 0.1) is 6.92 Å². The molecule has 6 heteroatoms. The Morgan fingerprint density at radius 1 is 1.26 bits per heavy atom. The Balaban J connectivity index is 1.91. The number of carbonyl (C=O) groups excluding carboxylic acids is 2. The number of hydrogen-bond acceptors (Lipinski definition) is 4. The number of rotatable bonds is 6. The number of carbonyl (C=O) groups is 2. The molecule has 1 N–H and O–H groups in total. The number of ether oxygens (including phenoxy) is 1. The second kappa shape index (κ2) is 7.78. The van der Waals surface area contributed by atoms with E-state index in [-0.39, 0.29) is 18.4 Å². The number of para-hydroxylation sites is 1. The number of nitrogens with one attached hydrogen (secondary N) is 1. The SMILES string of the molecule is COc1ccccc1C(=O)NCC(=O)N(C)Cc1sccc1C. The number of methoxy groups -OCH3 is 1. The summed E-state index contributed by atoms with van der Waals surface area (Å²) in [7, 11) is 3.24. The van der Waals surface area contributed by atoms with Crippen LogP contribution in [0.5, 0.6) is 5.75 Å². The van der Waals surface area contributed by atoms with Gasteiger partial charge in [0.15, 0.2) is 0 Å². The van der Waals surface area contributed by atoms with Gasteiger partial charge >= 0.3 is 0 Å². The summed E-state index contributed by atoms with van der Waals surface area (Å²) in [5.74, 6) is 0.0255. The van der Waals surface area contributed by atoms with Crippen molar-refractivity contribution in [3.05, 3.63) is 51.7 Å². The quantitative estimate of drug-likeness (QED) is 0.884. The molecule has 5 nitrogen and oxygen atoms in total. The lowest BCUT2D eigenvalue weighted by Crippen LogP contribution is -2.37. The van der Waals surface area contributed by atoms with E-state index in [0.29, 0.717) is 17.9 Å². The van der Waals surface area contributed by atoms with Gasteiger partial charge in [-0.15, -0.1) is 11.3 Å². The predicted octanol–water partition coefficient (Wildman–Crippen LogP) is 2.45. The van der Waals surface area contributed by atoms with Gasteiger partial charge < -0.3 is 15.0 Å². The van der Waals surface area contributed by atoms with Crippen LogP contribution in [-0.4, -0.2) is 37.4 Å². The summed E-state index contributed by atoms with van der Waals surface area (Å²) in [6.45, 7) is 2.53. The van der Waals surface area contributed by atoms with Crippen molar-refractivity contribution in [3.63, 3.8) is 0 Å². The van der Waals surface area contributed by atoms with Crippen molar-refractivity contribution in [1.82, 2.24) is 10.2 Å². The Bertz CT molecular complexity index is 697. The van der Waals surface area contributed by atoms with E-state index in [1.807, 2.05) is 18.4 Å². The average Bonchev–Trinajstić information content (AvgIpc) is 2.97. The van der Waals surface area contributed by atoms with E-state index in [2.05, 4.69) is 5.32 Å². The Morgan fingerprint density at radius 3 is 2.65 bits per heavy atom. The van der Waals surface area contributed by atoms with E-state index in [1.54, 1.807) is 47.5 Å². The fourth-order valence-corrected chi connectivity index (χ4v) is 3.05. The summed E-state index contributed by atoms with van der Waals surface area (Å²) in [5.41, 5.74) is 1.59. The van der Waals surface area contributed by atoms with Crippen LogP contribution < -0.4 is 10.1 Å². The summed E-state index contributed by atoms with van der Waals surface area (Å²) in [4.78, 5) is 27.1. The van der Waals surface area contributed by atoms with E-state index >= 15 is 0 Å². The molecule has 0 aliphatic rings. The first-order valence-electron chi connectivity index (χ1n) is 7.21. The monoisotopic (exact) mass is 332 g/mol. The summed E-state index contributed by atoms with van der Waals surface area (Å²) in [6, 6.07) is 8.95. The van der Waals surface area contributed by atoms with Gasteiger partial charge in [0, 0.05) is 11.9 Å². The topological polar surface area (TPSA) is 58.6 Å². The van der Waals surface area contributed by atoms with Crippen LogP contribution >= 0.6 is 11.3 Å². The van der Waals surface area contributed by atoms with E-state index in [1.165, 1.54) is 12.7 Å².